The fraction of sp³-hybridized carbons (Fsp3) is 0.143. The molecule has 1 aromatic heterocycles. The minimum atomic E-state index is -0.272. The van der Waals surface area contributed by atoms with E-state index < -0.39 is 0 Å². The molecule has 0 unspecified atom stereocenters. The molecule has 1 aromatic carbocycles. The van der Waals surface area contributed by atoms with Crippen molar-refractivity contribution in [1.82, 2.24) is 4.98 Å². The van der Waals surface area contributed by atoms with Crippen LogP contribution in [-0.2, 0) is 4.79 Å². The number of hydrogen-bond acceptors (Lipinski definition) is 4. The maximum absolute atomic E-state index is 11.7. The molecule has 0 bridgehead atoms. The van der Waals surface area contributed by atoms with E-state index in [0.717, 1.165) is 14.9 Å². The van der Waals surface area contributed by atoms with Crippen molar-refractivity contribution in [3.05, 3.63) is 52.8 Å². The second kappa shape index (κ2) is 6.73. The zero-order valence-corrected chi connectivity index (χ0v) is 12.7. The lowest BCUT2D eigenvalue weighted by atomic mass is 10.2. The van der Waals surface area contributed by atoms with Crippen LogP contribution in [0.5, 0.6) is 5.75 Å². The van der Waals surface area contributed by atoms with Crippen molar-refractivity contribution in [2.45, 2.75) is 11.8 Å². The number of carbonyl (C=O) groups is 1. The van der Waals surface area contributed by atoms with Gasteiger partial charge in [0.25, 0.3) is 0 Å². The average Bonchev–Trinajstić information content (AvgIpc) is 2.41. The van der Waals surface area contributed by atoms with E-state index in [1.54, 1.807) is 18.5 Å². The highest BCUT2D eigenvalue weighted by Gasteiger charge is 2.08. The monoisotopic (exact) mass is 337 g/mol. The van der Waals surface area contributed by atoms with Crippen molar-refractivity contribution in [1.29, 1.82) is 0 Å². The normalized spacial score (nSPS) is 10.2. The lowest BCUT2D eigenvalue weighted by molar-refractivity contribution is -0.131. The highest BCUT2D eigenvalue weighted by molar-refractivity contribution is 9.10. The number of ether oxygens (including phenoxy) is 1. The summed E-state index contributed by atoms with van der Waals surface area (Å²) < 4.78 is 6.09. The molecule has 5 heteroatoms. The summed E-state index contributed by atoms with van der Waals surface area (Å²) in [5.74, 6) is 0.543. The molecular weight excluding hydrogens is 326 g/mol. The summed E-state index contributed by atoms with van der Waals surface area (Å²) in [6, 6.07) is 9.33. The van der Waals surface area contributed by atoms with Crippen molar-refractivity contribution >= 4 is 33.7 Å². The van der Waals surface area contributed by atoms with Crippen LogP contribution in [0, 0.1) is 6.92 Å². The van der Waals surface area contributed by atoms with Crippen LogP contribution in [0.4, 0.5) is 0 Å². The number of pyridine rings is 1. The van der Waals surface area contributed by atoms with Crippen molar-refractivity contribution in [2.24, 2.45) is 0 Å². The lowest BCUT2D eigenvalue weighted by Gasteiger charge is -2.06. The van der Waals surface area contributed by atoms with Crippen LogP contribution in [-0.4, -0.2) is 16.7 Å². The van der Waals surface area contributed by atoms with E-state index in [9.17, 15) is 4.79 Å². The second-order valence-corrected chi connectivity index (χ2v) is 5.78. The SMILES string of the molecule is Cc1ccc(OC(=O)CSc2ccncc2)c(Br)c1. The summed E-state index contributed by atoms with van der Waals surface area (Å²) in [6.45, 7) is 1.98. The predicted molar refractivity (Wildman–Crippen MR) is 79.5 cm³/mol. The molecule has 0 saturated carbocycles. The maximum Gasteiger partial charge on any atom is 0.321 e. The Morgan fingerprint density at radius 1 is 1.32 bits per heavy atom. The minimum absolute atomic E-state index is 0.268. The van der Waals surface area contributed by atoms with Gasteiger partial charge in [0.2, 0.25) is 0 Å². The van der Waals surface area contributed by atoms with E-state index in [2.05, 4.69) is 20.9 Å². The number of hydrogen-bond donors (Lipinski definition) is 0. The Kier molecular flexibility index (Phi) is 4.99. The third kappa shape index (κ3) is 4.36. The fourth-order valence-corrected chi connectivity index (χ4v) is 2.65. The Balaban J connectivity index is 1.91. The van der Waals surface area contributed by atoms with Crippen LogP contribution in [0.15, 0.2) is 52.1 Å². The highest BCUT2D eigenvalue weighted by Crippen LogP contribution is 2.26. The van der Waals surface area contributed by atoms with E-state index in [0.29, 0.717) is 5.75 Å². The maximum atomic E-state index is 11.7. The molecule has 0 radical (unpaired) electrons. The molecule has 0 amide bonds. The van der Waals surface area contributed by atoms with E-state index in [1.165, 1.54) is 11.8 Å². The molecule has 0 N–H and O–H groups in total. The van der Waals surface area contributed by atoms with Gasteiger partial charge in [-0.25, -0.2) is 0 Å². The molecular formula is C14H12BrNO2S. The van der Waals surface area contributed by atoms with Crippen molar-refractivity contribution in [3.63, 3.8) is 0 Å². The lowest BCUT2D eigenvalue weighted by Crippen LogP contribution is -2.11. The molecule has 1 heterocycles. The summed E-state index contributed by atoms with van der Waals surface area (Å²) >= 11 is 4.81. The quantitative estimate of drug-likeness (QED) is 0.482. The number of esters is 1. The van der Waals surface area contributed by atoms with Crippen LogP contribution in [0.2, 0.25) is 0 Å². The van der Waals surface area contributed by atoms with Gasteiger partial charge in [0.05, 0.1) is 10.2 Å². The summed E-state index contributed by atoms with van der Waals surface area (Å²) in [5, 5.41) is 0. The Labute approximate surface area is 124 Å². The first-order valence-electron chi connectivity index (χ1n) is 5.65. The standard InChI is InChI=1S/C14H12BrNO2S/c1-10-2-3-13(12(15)8-10)18-14(17)9-19-11-4-6-16-7-5-11/h2-8H,9H2,1H3. The van der Waals surface area contributed by atoms with Gasteiger partial charge in [-0.1, -0.05) is 6.07 Å². The van der Waals surface area contributed by atoms with Gasteiger partial charge < -0.3 is 4.74 Å². The first kappa shape index (κ1) is 14.1. The molecule has 0 aliphatic carbocycles. The third-order valence-electron chi connectivity index (χ3n) is 2.32. The Bertz CT molecular complexity index is 575. The van der Waals surface area contributed by atoms with E-state index in [4.69, 9.17) is 4.74 Å². The number of benzene rings is 1. The molecule has 3 nitrogen and oxygen atoms in total. The summed E-state index contributed by atoms with van der Waals surface area (Å²) in [4.78, 5) is 16.7. The number of aromatic nitrogens is 1. The van der Waals surface area contributed by atoms with Gasteiger partial charge in [-0.05, 0) is 52.7 Å². The zero-order chi connectivity index (χ0) is 13.7. The van der Waals surface area contributed by atoms with Crippen LogP contribution in [0.1, 0.15) is 5.56 Å². The van der Waals surface area contributed by atoms with Crippen molar-refractivity contribution in [3.8, 4) is 5.75 Å². The van der Waals surface area contributed by atoms with Crippen LogP contribution in [0.3, 0.4) is 0 Å². The van der Waals surface area contributed by atoms with Gasteiger partial charge in [0.1, 0.15) is 5.75 Å². The van der Waals surface area contributed by atoms with Gasteiger partial charge in [-0.2, -0.15) is 0 Å². The molecule has 2 aromatic rings. The second-order valence-electron chi connectivity index (χ2n) is 3.88. The van der Waals surface area contributed by atoms with Crippen LogP contribution < -0.4 is 4.74 Å². The van der Waals surface area contributed by atoms with Crippen LogP contribution >= 0.6 is 27.7 Å². The largest absolute Gasteiger partial charge is 0.425 e. The zero-order valence-electron chi connectivity index (χ0n) is 10.3. The van der Waals surface area contributed by atoms with Gasteiger partial charge in [0.15, 0.2) is 0 Å². The topological polar surface area (TPSA) is 39.2 Å². The number of thioether (sulfide) groups is 1. The van der Waals surface area contributed by atoms with Gasteiger partial charge in [0, 0.05) is 17.3 Å². The molecule has 0 fully saturated rings. The van der Waals surface area contributed by atoms with Gasteiger partial charge in [-0.15, -0.1) is 11.8 Å². The summed E-state index contributed by atoms with van der Waals surface area (Å²) in [6.07, 6.45) is 3.40. The predicted octanol–water partition coefficient (Wildman–Crippen LogP) is 3.85. The first-order valence-corrected chi connectivity index (χ1v) is 7.42. The summed E-state index contributed by atoms with van der Waals surface area (Å²) in [7, 11) is 0. The van der Waals surface area contributed by atoms with Crippen LogP contribution in [0.25, 0.3) is 0 Å². The Morgan fingerprint density at radius 3 is 2.74 bits per heavy atom. The fourth-order valence-electron chi connectivity index (χ4n) is 1.42. The first-order chi connectivity index (χ1) is 9.15. The molecule has 2 rings (SSSR count). The molecule has 98 valence electrons. The molecule has 0 spiro atoms. The number of halogens is 1. The van der Waals surface area contributed by atoms with E-state index in [-0.39, 0.29) is 11.7 Å². The Hall–Kier alpha value is -1.33. The number of carbonyl (C=O) groups excluding carboxylic acids is 1. The smallest absolute Gasteiger partial charge is 0.321 e. The average molecular weight is 338 g/mol. The van der Waals surface area contributed by atoms with Gasteiger partial charge in [-0.3, -0.25) is 9.78 Å². The molecule has 0 atom stereocenters. The van der Waals surface area contributed by atoms with Gasteiger partial charge >= 0.3 is 5.97 Å². The molecule has 19 heavy (non-hydrogen) atoms. The number of aryl methyl sites for hydroxylation is 1. The van der Waals surface area contributed by atoms with Crippen molar-refractivity contribution < 1.29 is 9.53 Å². The van der Waals surface area contributed by atoms with Crippen molar-refractivity contribution in [2.75, 3.05) is 5.75 Å². The summed E-state index contributed by atoms with van der Waals surface area (Å²) in [5.41, 5.74) is 1.11. The number of nitrogens with zero attached hydrogens (tertiary/aromatic N) is 1. The minimum Gasteiger partial charge on any atom is -0.425 e. The third-order valence-corrected chi connectivity index (χ3v) is 3.92. The molecule has 0 aliphatic rings. The molecule has 0 saturated heterocycles. The van der Waals surface area contributed by atoms with E-state index >= 15 is 0 Å². The number of rotatable bonds is 4. The van der Waals surface area contributed by atoms with E-state index in [1.807, 2.05) is 31.2 Å². The highest BCUT2D eigenvalue weighted by atomic mass is 79.9. The molecule has 0 aliphatic heterocycles. The Morgan fingerprint density at radius 2 is 2.05 bits per heavy atom.